The predicted molar refractivity (Wildman–Crippen MR) is 241 cm³/mol. The summed E-state index contributed by atoms with van der Waals surface area (Å²) >= 11 is 0. The number of alkyl carbamates (subject to hydrolysis) is 1. The number of amides is 6. The van der Waals surface area contributed by atoms with Gasteiger partial charge in [0.1, 0.15) is 47.6 Å². The summed E-state index contributed by atoms with van der Waals surface area (Å²) in [4.78, 5) is 119. The Balaban J connectivity index is 1.90. The van der Waals surface area contributed by atoms with Gasteiger partial charge in [0.2, 0.25) is 29.5 Å². The molecule has 0 saturated heterocycles. The summed E-state index contributed by atoms with van der Waals surface area (Å²) < 4.78 is 21.9. The maximum Gasteiger partial charge on any atom is 0.407 e. The Labute approximate surface area is 385 Å². The summed E-state index contributed by atoms with van der Waals surface area (Å²) in [6.45, 7) is 17.0. The number of nitrogens with two attached hydrogens (primary N) is 1. The number of carbonyl (C=O) groups excluding carboxylic acids is 9. The van der Waals surface area contributed by atoms with E-state index in [1.807, 2.05) is 48.5 Å². The monoisotopic (exact) mass is 922 g/mol. The minimum absolute atomic E-state index is 0.119. The van der Waals surface area contributed by atoms with Crippen molar-refractivity contribution in [2.24, 2.45) is 11.7 Å². The highest BCUT2D eigenvalue weighted by molar-refractivity contribution is 5.97. The molecule has 19 nitrogen and oxygen atoms in total. The fourth-order valence-corrected chi connectivity index (χ4v) is 6.84. The van der Waals surface area contributed by atoms with Crippen LogP contribution in [-0.2, 0) is 57.3 Å². The van der Waals surface area contributed by atoms with Crippen LogP contribution in [0.3, 0.4) is 0 Å². The van der Waals surface area contributed by atoms with Crippen molar-refractivity contribution in [2.75, 3.05) is 13.2 Å². The highest BCUT2D eigenvalue weighted by Crippen LogP contribution is 2.44. The molecular formula is C47H66N6O13. The number of fused-ring (bicyclic) bond motifs is 3. The van der Waals surface area contributed by atoms with Gasteiger partial charge in [0.05, 0.1) is 19.4 Å². The molecule has 0 spiro atoms. The quantitative estimate of drug-likeness (QED) is 0.0824. The number of rotatable bonds is 20. The van der Waals surface area contributed by atoms with Crippen LogP contribution >= 0.6 is 0 Å². The molecule has 0 saturated carbocycles. The highest BCUT2D eigenvalue weighted by atomic mass is 16.6. The second kappa shape index (κ2) is 23.1. The lowest BCUT2D eigenvalue weighted by Gasteiger charge is -2.28. The highest BCUT2D eigenvalue weighted by Gasteiger charge is 2.36. The molecule has 0 bridgehead atoms. The molecule has 2 aromatic rings. The van der Waals surface area contributed by atoms with E-state index in [1.165, 1.54) is 0 Å². The smallest absolute Gasteiger partial charge is 0.407 e. The molecule has 66 heavy (non-hydrogen) atoms. The van der Waals surface area contributed by atoms with Crippen molar-refractivity contribution in [3.05, 3.63) is 59.7 Å². The number of carbonyl (C=O) groups is 9. The number of ether oxygens (including phenoxy) is 4. The number of hydrogen-bond donors (Lipinski definition) is 6. The first-order chi connectivity index (χ1) is 30.5. The number of primary amides is 1. The molecule has 0 aromatic heterocycles. The van der Waals surface area contributed by atoms with Gasteiger partial charge in [-0.2, -0.15) is 0 Å². The summed E-state index contributed by atoms with van der Waals surface area (Å²) in [6, 6.07) is 9.13. The molecule has 0 unspecified atom stereocenters. The van der Waals surface area contributed by atoms with E-state index >= 15 is 0 Å². The zero-order valence-corrected chi connectivity index (χ0v) is 39.7. The third kappa shape index (κ3) is 17.8. The van der Waals surface area contributed by atoms with Gasteiger partial charge in [0.15, 0.2) is 0 Å². The van der Waals surface area contributed by atoms with E-state index in [0.717, 1.165) is 22.3 Å². The lowest BCUT2D eigenvalue weighted by Crippen LogP contribution is -2.60. The largest absolute Gasteiger partial charge is 0.460 e. The number of hydrogen-bond acceptors (Lipinski definition) is 13. The van der Waals surface area contributed by atoms with Crippen LogP contribution in [-0.4, -0.2) is 108 Å². The fourth-order valence-electron chi connectivity index (χ4n) is 6.84. The van der Waals surface area contributed by atoms with Crippen molar-refractivity contribution in [2.45, 2.75) is 149 Å². The zero-order chi connectivity index (χ0) is 49.7. The van der Waals surface area contributed by atoms with Crippen molar-refractivity contribution in [1.82, 2.24) is 26.6 Å². The van der Waals surface area contributed by atoms with Gasteiger partial charge in [-0.1, -0.05) is 62.4 Å². The number of esters is 3. The molecular weight excluding hydrogens is 857 g/mol. The average molecular weight is 923 g/mol. The van der Waals surface area contributed by atoms with Gasteiger partial charge in [-0.3, -0.25) is 38.4 Å². The molecule has 0 fully saturated rings. The van der Waals surface area contributed by atoms with Crippen LogP contribution in [0.5, 0.6) is 0 Å². The maximum atomic E-state index is 14.2. The van der Waals surface area contributed by atoms with E-state index in [-0.39, 0.29) is 18.9 Å². The summed E-state index contributed by atoms with van der Waals surface area (Å²) in [5, 5.41) is 12.2. The third-order valence-corrected chi connectivity index (χ3v) is 9.54. The molecule has 362 valence electrons. The van der Waals surface area contributed by atoms with E-state index in [1.54, 1.807) is 76.2 Å². The average Bonchev–Trinajstić information content (AvgIpc) is 3.50. The topological polar surface area (TPSA) is 277 Å². The van der Waals surface area contributed by atoms with Gasteiger partial charge in [0.25, 0.3) is 0 Å². The second-order valence-electron chi connectivity index (χ2n) is 19.3. The summed E-state index contributed by atoms with van der Waals surface area (Å²) in [5.41, 5.74) is 6.21. The molecule has 0 radical (unpaired) electrons. The van der Waals surface area contributed by atoms with Gasteiger partial charge < -0.3 is 51.3 Å². The Morgan fingerprint density at radius 1 is 0.576 bits per heavy atom. The third-order valence-electron chi connectivity index (χ3n) is 9.54. The van der Waals surface area contributed by atoms with Crippen molar-refractivity contribution in [1.29, 1.82) is 0 Å². The molecule has 1 aliphatic carbocycles. The van der Waals surface area contributed by atoms with E-state index in [9.17, 15) is 43.2 Å². The Morgan fingerprint density at radius 3 is 1.48 bits per heavy atom. The summed E-state index contributed by atoms with van der Waals surface area (Å²) in [6.07, 6.45) is -3.17. The van der Waals surface area contributed by atoms with E-state index in [2.05, 4.69) is 26.6 Å². The fraction of sp³-hybridized carbons (Fsp3) is 0.553. The Bertz CT molecular complexity index is 2070. The van der Waals surface area contributed by atoms with Crippen LogP contribution in [0.15, 0.2) is 48.5 Å². The van der Waals surface area contributed by atoms with Crippen LogP contribution in [0.4, 0.5) is 4.79 Å². The molecule has 6 amide bonds. The molecule has 7 N–H and O–H groups in total. The molecule has 4 atom stereocenters. The Kier molecular flexibility index (Phi) is 18.8. The first kappa shape index (κ1) is 53.8. The van der Waals surface area contributed by atoms with E-state index in [0.29, 0.717) is 0 Å². The van der Waals surface area contributed by atoms with Crippen molar-refractivity contribution >= 4 is 53.5 Å². The Morgan fingerprint density at radius 2 is 1.02 bits per heavy atom. The molecule has 0 heterocycles. The van der Waals surface area contributed by atoms with Gasteiger partial charge in [-0.25, -0.2) is 4.79 Å². The molecule has 1 aliphatic rings. The molecule has 19 heteroatoms. The number of benzene rings is 2. The minimum atomic E-state index is -1.66. The lowest BCUT2D eigenvalue weighted by atomic mass is 9.98. The lowest BCUT2D eigenvalue weighted by molar-refractivity contribution is -0.157. The first-order valence-corrected chi connectivity index (χ1v) is 21.8. The van der Waals surface area contributed by atoms with Crippen LogP contribution < -0.4 is 32.3 Å². The maximum absolute atomic E-state index is 14.2. The van der Waals surface area contributed by atoms with E-state index < -0.39 is 126 Å². The van der Waals surface area contributed by atoms with Crippen molar-refractivity contribution in [3.8, 4) is 11.1 Å². The van der Waals surface area contributed by atoms with Gasteiger partial charge in [-0.15, -0.1) is 0 Å². The Hall–Kier alpha value is -6.53. The summed E-state index contributed by atoms with van der Waals surface area (Å²) in [7, 11) is 0. The molecule has 2 aromatic carbocycles. The minimum Gasteiger partial charge on any atom is -0.460 e. The normalized spacial score (nSPS) is 14.2. The number of nitrogens with one attached hydrogen (secondary N) is 5. The van der Waals surface area contributed by atoms with Crippen LogP contribution in [0.2, 0.25) is 0 Å². The summed E-state index contributed by atoms with van der Waals surface area (Å²) in [5.74, 6) is -8.22. The first-order valence-electron chi connectivity index (χ1n) is 21.8. The van der Waals surface area contributed by atoms with Crippen molar-refractivity contribution in [3.63, 3.8) is 0 Å². The SMILES string of the molecule is CC(C)[C@H](NC(=O)[C@H](CCC(=O)OC(C)(C)C)NC(=O)[C@H](CC(=O)OC(C)(C)C)NC(=O)OCC1c2ccccc2-c2ccccc21)C(=O)N[C@@H](CC(=O)OC(C)(C)C)C(=O)NCC(N)=O. The van der Waals surface area contributed by atoms with Gasteiger partial charge in [-0.05, 0) is 96.9 Å². The van der Waals surface area contributed by atoms with E-state index in [4.69, 9.17) is 24.7 Å². The second-order valence-corrected chi connectivity index (χ2v) is 19.3. The molecule has 0 aliphatic heterocycles. The van der Waals surface area contributed by atoms with Gasteiger partial charge >= 0.3 is 24.0 Å². The van der Waals surface area contributed by atoms with Crippen LogP contribution in [0.1, 0.15) is 119 Å². The van der Waals surface area contributed by atoms with Crippen molar-refractivity contribution < 1.29 is 62.1 Å². The zero-order valence-electron chi connectivity index (χ0n) is 39.7. The molecule has 3 rings (SSSR count). The van der Waals surface area contributed by atoms with Crippen LogP contribution in [0, 0.1) is 5.92 Å². The predicted octanol–water partition coefficient (Wildman–Crippen LogP) is 3.19. The standard InChI is InChI=1S/C47H66N6O13/c1-26(2)39(43(61)51-33(40(58)49-24-35(48)54)22-37(56)65-46(6,7)8)53-41(59)32(20-21-36(55)64-45(3,4)5)50-42(60)34(23-38(57)66-47(9,10)11)52-44(62)63-25-31-29-18-14-12-16-27(29)28-17-13-15-19-30(28)31/h12-19,26,31-34,39H,20-25H2,1-11H3,(H2,48,54)(H,49,58)(H,50,60)(H,51,61)(H,52,62)(H,53,59)/t32-,33-,34-,39-/m0/s1. The van der Waals surface area contributed by atoms with Crippen LogP contribution in [0.25, 0.3) is 11.1 Å². The van der Waals surface area contributed by atoms with Gasteiger partial charge in [0, 0.05) is 12.3 Å².